The molecule has 0 aromatic heterocycles. The zero-order chi connectivity index (χ0) is 15.2. The summed E-state index contributed by atoms with van der Waals surface area (Å²) in [7, 11) is 0. The number of ether oxygens (including phenoxy) is 1. The van der Waals surface area contributed by atoms with E-state index in [1.165, 1.54) is 38.0 Å². The van der Waals surface area contributed by atoms with E-state index < -0.39 is 0 Å². The standard InChI is InChI=1S/C18H30N2O/c1-5-21-18-12-15(4)6-7-17(18)19-16-8-10-20(11-9-16)13-14(2)3/h6-7,12,14,16,19H,5,8-11,13H2,1-4H3. The van der Waals surface area contributed by atoms with Crippen LogP contribution < -0.4 is 10.1 Å². The van der Waals surface area contributed by atoms with E-state index in [1.54, 1.807) is 0 Å². The average molecular weight is 290 g/mol. The van der Waals surface area contributed by atoms with E-state index in [9.17, 15) is 0 Å². The highest BCUT2D eigenvalue weighted by atomic mass is 16.5. The Morgan fingerprint density at radius 2 is 2.00 bits per heavy atom. The van der Waals surface area contributed by atoms with Crippen LogP contribution in [-0.4, -0.2) is 37.2 Å². The Labute approximate surface area is 129 Å². The maximum Gasteiger partial charge on any atom is 0.142 e. The predicted octanol–water partition coefficient (Wildman–Crippen LogP) is 3.93. The highest BCUT2D eigenvalue weighted by molar-refractivity contribution is 5.58. The summed E-state index contributed by atoms with van der Waals surface area (Å²) in [5.74, 6) is 1.75. The highest BCUT2D eigenvalue weighted by Crippen LogP contribution is 2.28. The van der Waals surface area contributed by atoms with Gasteiger partial charge in [-0.15, -0.1) is 0 Å². The van der Waals surface area contributed by atoms with Gasteiger partial charge in [0.2, 0.25) is 0 Å². The molecule has 3 nitrogen and oxygen atoms in total. The lowest BCUT2D eigenvalue weighted by Crippen LogP contribution is -2.40. The third-order valence-electron chi connectivity index (χ3n) is 4.01. The Morgan fingerprint density at radius 1 is 1.29 bits per heavy atom. The monoisotopic (exact) mass is 290 g/mol. The smallest absolute Gasteiger partial charge is 0.142 e. The molecule has 1 saturated heterocycles. The van der Waals surface area contributed by atoms with Gasteiger partial charge in [-0.05, 0) is 50.3 Å². The van der Waals surface area contributed by atoms with E-state index >= 15 is 0 Å². The quantitative estimate of drug-likeness (QED) is 0.859. The molecule has 0 spiro atoms. The van der Waals surface area contributed by atoms with Crippen molar-refractivity contribution in [2.24, 2.45) is 5.92 Å². The molecule has 0 aliphatic carbocycles. The number of hydrogen-bond acceptors (Lipinski definition) is 3. The van der Waals surface area contributed by atoms with Crippen LogP contribution in [0.2, 0.25) is 0 Å². The van der Waals surface area contributed by atoms with Crippen LogP contribution in [0.1, 0.15) is 39.2 Å². The van der Waals surface area contributed by atoms with Gasteiger partial charge in [0.25, 0.3) is 0 Å². The molecule has 1 heterocycles. The van der Waals surface area contributed by atoms with Crippen molar-refractivity contribution in [3.8, 4) is 5.75 Å². The maximum atomic E-state index is 5.76. The minimum Gasteiger partial charge on any atom is -0.492 e. The van der Waals surface area contributed by atoms with Crippen LogP contribution in [0.4, 0.5) is 5.69 Å². The Hall–Kier alpha value is -1.22. The number of piperidine rings is 1. The molecule has 1 aliphatic rings. The van der Waals surface area contributed by atoms with Gasteiger partial charge in [0, 0.05) is 25.7 Å². The van der Waals surface area contributed by atoms with Crippen molar-refractivity contribution in [2.75, 3.05) is 31.6 Å². The Bertz CT molecular complexity index is 437. The van der Waals surface area contributed by atoms with Crippen molar-refractivity contribution in [1.29, 1.82) is 0 Å². The van der Waals surface area contributed by atoms with Crippen LogP contribution in [0.15, 0.2) is 18.2 Å². The zero-order valence-corrected chi connectivity index (χ0v) is 14.0. The SMILES string of the molecule is CCOc1cc(C)ccc1NC1CCN(CC(C)C)CC1. The third kappa shape index (κ3) is 4.92. The van der Waals surface area contributed by atoms with E-state index in [4.69, 9.17) is 4.74 Å². The molecule has 1 N–H and O–H groups in total. The van der Waals surface area contributed by atoms with Crippen LogP contribution in [0.5, 0.6) is 5.75 Å². The molecule has 1 aliphatic heterocycles. The summed E-state index contributed by atoms with van der Waals surface area (Å²) in [6, 6.07) is 6.99. The number of hydrogen-bond donors (Lipinski definition) is 1. The second-order valence-corrected chi connectivity index (χ2v) is 6.55. The van der Waals surface area contributed by atoms with Gasteiger partial charge in [0.15, 0.2) is 0 Å². The first kappa shape index (κ1) is 16.2. The number of anilines is 1. The Morgan fingerprint density at radius 3 is 2.62 bits per heavy atom. The molecule has 1 aromatic rings. The lowest BCUT2D eigenvalue weighted by atomic mass is 10.0. The summed E-state index contributed by atoms with van der Waals surface area (Å²) < 4.78 is 5.76. The molecule has 1 fully saturated rings. The van der Waals surface area contributed by atoms with Gasteiger partial charge in [-0.3, -0.25) is 0 Å². The molecular weight excluding hydrogens is 260 g/mol. The second kappa shape index (κ2) is 7.69. The predicted molar refractivity (Wildman–Crippen MR) is 90.3 cm³/mol. The van der Waals surface area contributed by atoms with Crippen LogP contribution in [-0.2, 0) is 0 Å². The first-order valence-electron chi connectivity index (χ1n) is 8.30. The fraction of sp³-hybridized carbons (Fsp3) is 0.667. The first-order valence-corrected chi connectivity index (χ1v) is 8.30. The number of nitrogens with zero attached hydrogens (tertiary/aromatic N) is 1. The molecule has 0 atom stereocenters. The fourth-order valence-corrected chi connectivity index (χ4v) is 3.02. The van der Waals surface area contributed by atoms with Crippen molar-refractivity contribution in [1.82, 2.24) is 4.90 Å². The average Bonchev–Trinajstić information content (AvgIpc) is 2.43. The Balaban J connectivity index is 1.91. The van der Waals surface area contributed by atoms with E-state index in [2.05, 4.69) is 49.2 Å². The van der Waals surface area contributed by atoms with Crippen molar-refractivity contribution >= 4 is 5.69 Å². The number of nitrogens with one attached hydrogen (secondary N) is 1. The molecule has 2 rings (SSSR count). The van der Waals surface area contributed by atoms with Crippen LogP contribution in [0.3, 0.4) is 0 Å². The minimum atomic E-state index is 0.565. The van der Waals surface area contributed by atoms with Gasteiger partial charge in [-0.1, -0.05) is 19.9 Å². The van der Waals surface area contributed by atoms with E-state index in [-0.39, 0.29) is 0 Å². The summed E-state index contributed by atoms with van der Waals surface area (Å²) in [6.45, 7) is 13.1. The van der Waals surface area contributed by atoms with Gasteiger partial charge in [-0.25, -0.2) is 0 Å². The summed E-state index contributed by atoms with van der Waals surface area (Å²) in [4.78, 5) is 2.58. The summed E-state index contributed by atoms with van der Waals surface area (Å²) in [5, 5.41) is 3.68. The molecule has 0 saturated carbocycles. The molecular formula is C18H30N2O. The van der Waals surface area contributed by atoms with Gasteiger partial charge >= 0.3 is 0 Å². The summed E-state index contributed by atoms with van der Waals surface area (Å²) in [6.07, 6.45) is 2.43. The van der Waals surface area contributed by atoms with Crippen molar-refractivity contribution in [3.63, 3.8) is 0 Å². The Kier molecular flexibility index (Phi) is 5.92. The molecule has 0 bridgehead atoms. The number of aryl methyl sites for hydroxylation is 1. The largest absolute Gasteiger partial charge is 0.492 e. The van der Waals surface area contributed by atoms with Crippen LogP contribution in [0.25, 0.3) is 0 Å². The maximum absolute atomic E-state index is 5.76. The first-order chi connectivity index (χ1) is 10.1. The third-order valence-corrected chi connectivity index (χ3v) is 4.01. The van der Waals surface area contributed by atoms with Crippen molar-refractivity contribution in [2.45, 2.75) is 46.6 Å². The number of rotatable bonds is 6. The minimum absolute atomic E-state index is 0.565. The van der Waals surface area contributed by atoms with Gasteiger partial charge in [-0.2, -0.15) is 0 Å². The summed E-state index contributed by atoms with van der Waals surface area (Å²) in [5.41, 5.74) is 2.39. The lowest BCUT2D eigenvalue weighted by Gasteiger charge is -2.34. The molecule has 0 amide bonds. The molecule has 0 unspecified atom stereocenters. The normalized spacial score (nSPS) is 17.2. The molecule has 3 heteroatoms. The molecule has 0 radical (unpaired) electrons. The van der Waals surface area contributed by atoms with Crippen LogP contribution in [0, 0.1) is 12.8 Å². The van der Waals surface area contributed by atoms with Gasteiger partial charge in [0.05, 0.1) is 12.3 Å². The van der Waals surface area contributed by atoms with Crippen LogP contribution >= 0.6 is 0 Å². The highest BCUT2D eigenvalue weighted by Gasteiger charge is 2.20. The van der Waals surface area contributed by atoms with E-state index in [0.29, 0.717) is 12.6 Å². The molecule has 1 aromatic carbocycles. The zero-order valence-electron chi connectivity index (χ0n) is 14.0. The molecule has 21 heavy (non-hydrogen) atoms. The van der Waals surface area contributed by atoms with Crippen molar-refractivity contribution < 1.29 is 4.74 Å². The lowest BCUT2D eigenvalue weighted by molar-refractivity contribution is 0.197. The number of likely N-dealkylation sites (tertiary alicyclic amines) is 1. The van der Waals surface area contributed by atoms with Gasteiger partial charge < -0.3 is 15.0 Å². The second-order valence-electron chi connectivity index (χ2n) is 6.55. The van der Waals surface area contributed by atoms with Gasteiger partial charge in [0.1, 0.15) is 5.75 Å². The fourth-order valence-electron chi connectivity index (χ4n) is 3.02. The molecule has 118 valence electrons. The van der Waals surface area contributed by atoms with E-state index in [1.807, 2.05) is 6.92 Å². The summed E-state index contributed by atoms with van der Waals surface area (Å²) >= 11 is 0. The number of benzene rings is 1. The topological polar surface area (TPSA) is 24.5 Å². The van der Waals surface area contributed by atoms with E-state index in [0.717, 1.165) is 17.4 Å². The van der Waals surface area contributed by atoms with Crippen molar-refractivity contribution in [3.05, 3.63) is 23.8 Å².